The molecule has 1 aliphatic heterocycles. The van der Waals surface area contributed by atoms with Gasteiger partial charge in [0.2, 0.25) is 0 Å². The summed E-state index contributed by atoms with van der Waals surface area (Å²) < 4.78 is 40.8. The fraction of sp³-hybridized carbons (Fsp3) is 0.471. The molecular formula is C17H20F3N3. The molecule has 124 valence electrons. The van der Waals surface area contributed by atoms with E-state index in [1.165, 1.54) is 12.1 Å². The van der Waals surface area contributed by atoms with E-state index in [0.717, 1.165) is 25.5 Å². The molecule has 0 bridgehead atoms. The monoisotopic (exact) mass is 323 g/mol. The zero-order valence-electron chi connectivity index (χ0n) is 13.2. The standard InChI is InChI=1S/C17H20F3N3/c1-12-10-15(6-8-22(12)2)23-9-7-21-16(23)13-4-3-5-14(11-13)17(18,19)20/h3-5,7,9,11-12,15H,6,8,10H2,1-2H3/t12-,15-/m1/s1. The Hall–Kier alpha value is -1.82. The van der Waals surface area contributed by atoms with Crippen molar-refractivity contribution in [2.45, 2.75) is 38.0 Å². The van der Waals surface area contributed by atoms with Gasteiger partial charge in [-0.1, -0.05) is 12.1 Å². The maximum Gasteiger partial charge on any atom is 0.416 e. The van der Waals surface area contributed by atoms with Crippen molar-refractivity contribution in [2.75, 3.05) is 13.6 Å². The van der Waals surface area contributed by atoms with Crippen LogP contribution in [0.2, 0.25) is 0 Å². The number of halogens is 3. The smallest absolute Gasteiger partial charge is 0.328 e. The van der Waals surface area contributed by atoms with Gasteiger partial charge in [-0.25, -0.2) is 4.98 Å². The number of hydrogen-bond acceptors (Lipinski definition) is 2. The van der Waals surface area contributed by atoms with E-state index in [2.05, 4.69) is 23.9 Å². The Labute approximate surface area is 133 Å². The van der Waals surface area contributed by atoms with Gasteiger partial charge in [-0.2, -0.15) is 13.2 Å². The van der Waals surface area contributed by atoms with Gasteiger partial charge in [0.05, 0.1) is 5.56 Å². The fourth-order valence-corrected chi connectivity index (χ4v) is 3.18. The van der Waals surface area contributed by atoms with E-state index < -0.39 is 11.7 Å². The molecule has 1 saturated heterocycles. The van der Waals surface area contributed by atoms with E-state index in [1.54, 1.807) is 12.3 Å². The molecule has 1 fully saturated rings. The van der Waals surface area contributed by atoms with Crippen LogP contribution in [0.3, 0.4) is 0 Å². The first-order valence-electron chi connectivity index (χ1n) is 7.77. The van der Waals surface area contributed by atoms with Gasteiger partial charge >= 0.3 is 6.18 Å². The quantitative estimate of drug-likeness (QED) is 0.825. The molecule has 6 heteroatoms. The summed E-state index contributed by atoms with van der Waals surface area (Å²) in [4.78, 5) is 6.61. The van der Waals surface area contributed by atoms with Gasteiger partial charge < -0.3 is 9.47 Å². The largest absolute Gasteiger partial charge is 0.416 e. The van der Waals surface area contributed by atoms with Crippen LogP contribution in [0, 0.1) is 0 Å². The van der Waals surface area contributed by atoms with Gasteiger partial charge in [-0.05, 0) is 38.9 Å². The van der Waals surface area contributed by atoms with Crippen LogP contribution in [0.5, 0.6) is 0 Å². The highest BCUT2D eigenvalue weighted by Gasteiger charge is 2.31. The SMILES string of the molecule is C[C@@H]1C[C@H](n2ccnc2-c2cccc(C(F)(F)F)c2)CCN1C. The molecule has 1 aromatic heterocycles. The van der Waals surface area contributed by atoms with E-state index >= 15 is 0 Å². The molecule has 0 unspecified atom stereocenters. The van der Waals surface area contributed by atoms with E-state index in [1.807, 2.05) is 10.8 Å². The minimum Gasteiger partial charge on any atom is -0.328 e. The topological polar surface area (TPSA) is 21.1 Å². The molecule has 0 aliphatic carbocycles. The second-order valence-corrected chi connectivity index (χ2v) is 6.24. The molecule has 0 N–H and O–H groups in total. The van der Waals surface area contributed by atoms with E-state index in [9.17, 15) is 13.2 Å². The summed E-state index contributed by atoms with van der Waals surface area (Å²) in [5.41, 5.74) is -0.127. The summed E-state index contributed by atoms with van der Waals surface area (Å²) in [6, 6.07) is 6.12. The van der Waals surface area contributed by atoms with Crippen LogP contribution < -0.4 is 0 Å². The fourth-order valence-electron chi connectivity index (χ4n) is 3.18. The third kappa shape index (κ3) is 3.27. The van der Waals surface area contributed by atoms with Crippen LogP contribution in [0.15, 0.2) is 36.7 Å². The maximum absolute atomic E-state index is 12.9. The summed E-state index contributed by atoms with van der Waals surface area (Å²) in [6.07, 6.45) is 1.15. The average molecular weight is 323 g/mol. The Kier molecular flexibility index (Phi) is 4.19. The van der Waals surface area contributed by atoms with E-state index in [0.29, 0.717) is 17.4 Å². The first kappa shape index (κ1) is 16.1. The van der Waals surface area contributed by atoms with Crippen molar-refractivity contribution in [3.05, 3.63) is 42.2 Å². The van der Waals surface area contributed by atoms with Gasteiger partial charge in [0.25, 0.3) is 0 Å². The first-order valence-corrected chi connectivity index (χ1v) is 7.77. The number of piperidine rings is 1. The minimum absolute atomic E-state index is 0.272. The lowest BCUT2D eigenvalue weighted by molar-refractivity contribution is -0.137. The molecular weight excluding hydrogens is 303 g/mol. The highest BCUT2D eigenvalue weighted by Crippen LogP contribution is 2.34. The van der Waals surface area contributed by atoms with Crippen molar-refractivity contribution in [2.24, 2.45) is 0 Å². The zero-order chi connectivity index (χ0) is 16.6. The summed E-state index contributed by atoms with van der Waals surface area (Å²) in [5, 5.41) is 0. The van der Waals surface area contributed by atoms with E-state index in [-0.39, 0.29) is 6.04 Å². The predicted octanol–water partition coefficient (Wildman–Crippen LogP) is 4.22. The Bertz CT molecular complexity index is 678. The number of rotatable bonds is 2. The number of hydrogen-bond donors (Lipinski definition) is 0. The number of alkyl halides is 3. The van der Waals surface area contributed by atoms with Crippen molar-refractivity contribution in [1.29, 1.82) is 0 Å². The van der Waals surface area contributed by atoms with Crippen molar-refractivity contribution in [3.63, 3.8) is 0 Å². The lowest BCUT2D eigenvalue weighted by Crippen LogP contribution is -2.38. The highest BCUT2D eigenvalue weighted by atomic mass is 19.4. The molecule has 1 aliphatic rings. The van der Waals surface area contributed by atoms with Crippen molar-refractivity contribution in [1.82, 2.24) is 14.5 Å². The molecule has 0 spiro atoms. The zero-order valence-corrected chi connectivity index (χ0v) is 13.2. The number of nitrogens with zero attached hydrogens (tertiary/aromatic N) is 3. The number of aromatic nitrogens is 2. The van der Waals surface area contributed by atoms with Crippen molar-refractivity contribution in [3.8, 4) is 11.4 Å². The van der Waals surface area contributed by atoms with Crippen molar-refractivity contribution >= 4 is 0 Å². The Morgan fingerprint density at radius 2 is 2.04 bits per heavy atom. The molecule has 0 amide bonds. The molecule has 0 radical (unpaired) electrons. The molecule has 1 aromatic carbocycles. The maximum atomic E-state index is 12.9. The summed E-state index contributed by atoms with van der Waals surface area (Å²) >= 11 is 0. The first-order chi connectivity index (χ1) is 10.9. The van der Waals surface area contributed by atoms with Gasteiger partial charge in [-0.3, -0.25) is 0 Å². The van der Waals surface area contributed by atoms with Crippen LogP contribution in [-0.2, 0) is 6.18 Å². The Morgan fingerprint density at radius 3 is 2.74 bits per heavy atom. The van der Waals surface area contributed by atoms with E-state index in [4.69, 9.17) is 0 Å². The van der Waals surface area contributed by atoms with Crippen LogP contribution >= 0.6 is 0 Å². The normalized spacial score (nSPS) is 23.2. The molecule has 2 atom stereocenters. The summed E-state index contributed by atoms with van der Waals surface area (Å²) in [5.74, 6) is 0.609. The van der Waals surface area contributed by atoms with Crippen LogP contribution in [0.25, 0.3) is 11.4 Å². The number of likely N-dealkylation sites (tertiary alicyclic amines) is 1. The molecule has 23 heavy (non-hydrogen) atoms. The van der Waals surface area contributed by atoms with Crippen LogP contribution in [0.1, 0.15) is 31.4 Å². The lowest BCUT2D eigenvalue weighted by Gasteiger charge is -2.36. The highest BCUT2D eigenvalue weighted by molar-refractivity contribution is 5.57. The van der Waals surface area contributed by atoms with Crippen LogP contribution in [0.4, 0.5) is 13.2 Å². The van der Waals surface area contributed by atoms with Gasteiger partial charge in [-0.15, -0.1) is 0 Å². The predicted molar refractivity (Wildman–Crippen MR) is 83.0 cm³/mol. The average Bonchev–Trinajstić information content (AvgIpc) is 2.99. The summed E-state index contributed by atoms with van der Waals surface area (Å²) in [7, 11) is 2.10. The number of imidazole rings is 1. The Morgan fingerprint density at radius 1 is 1.26 bits per heavy atom. The second kappa shape index (κ2) is 6.00. The summed E-state index contributed by atoms with van der Waals surface area (Å²) in [6.45, 7) is 3.15. The molecule has 3 nitrogen and oxygen atoms in total. The molecule has 2 aromatic rings. The van der Waals surface area contributed by atoms with Gasteiger partial charge in [0, 0.05) is 36.6 Å². The van der Waals surface area contributed by atoms with Crippen molar-refractivity contribution < 1.29 is 13.2 Å². The van der Waals surface area contributed by atoms with Gasteiger partial charge in [0.1, 0.15) is 5.82 Å². The number of benzene rings is 1. The third-order valence-electron chi connectivity index (χ3n) is 4.69. The second-order valence-electron chi connectivity index (χ2n) is 6.24. The third-order valence-corrected chi connectivity index (χ3v) is 4.69. The van der Waals surface area contributed by atoms with Gasteiger partial charge in [0.15, 0.2) is 0 Å². The lowest BCUT2D eigenvalue weighted by atomic mass is 9.98. The van der Waals surface area contributed by atoms with Crippen LogP contribution in [-0.4, -0.2) is 34.1 Å². The Balaban J connectivity index is 1.93. The molecule has 0 saturated carbocycles. The molecule has 3 rings (SSSR count). The molecule has 2 heterocycles. The minimum atomic E-state index is -4.34.